The van der Waals surface area contributed by atoms with Gasteiger partial charge in [0.2, 0.25) is 0 Å². The number of rotatable bonds is 8. The number of hydrogen-bond donors (Lipinski definition) is 1. The number of carboxylic acid groups (broad SMARTS) is 1. The summed E-state index contributed by atoms with van der Waals surface area (Å²) in [7, 11) is 2.04. The molecule has 0 aromatic heterocycles. The number of amidine groups is 1. The van der Waals surface area contributed by atoms with Gasteiger partial charge in [-0.2, -0.15) is 10.4 Å². The van der Waals surface area contributed by atoms with Gasteiger partial charge in [-0.05, 0) is 48.4 Å². The molecule has 2 heterocycles. The fourth-order valence-electron chi connectivity index (χ4n) is 4.64. The number of hydrogen-bond acceptors (Lipinski definition) is 6. The predicted molar refractivity (Wildman–Crippen MR) is 143 cm³/mol. The number of ether oxygens (including phenoxy) is 1. The van der Waals surface area contributed by atoms with E-state index >= 15 is 0 Å². The Hall–Kier alpha value is -4.49. The van der Waals surface area contributed by atoms with Gasteiger partial charge in [0.25, 0.3) is 0 Å². The molecule has 0 saturated carbocycles. The molecule has 0 radical (unpaired) electrons. The summed E-state index contributed by atoms with van der Waals surface area (Å²) in [6.07, 6.45) is 3.97. The van der Waals surface area contributed by atoms with Gasteiger partial charge in [-0.25, -0.2) is 5.01 Å². The fourth-order valence-corrected chi connectivity index (χ4v) is 4.64. The molecule has 2 aromatic carbocycles. The van der Waals surface area contributed by atoms with Crippen LogP contribution >= 0.6 is 0 Å². The highest BCUT2D eigenvalue weighted by molar-refractivity contribution is 5.89. The van der Waals surface area contributed by atoms with Crippen molar-refractivity contribution in [2.45, 2.75) is 39.3 Å². The van der Waals surface area contributed by atoms with Crippen LogP contribution in [0.4, 0.5) is 0 Å². The number of carbonyl (C=O) groups is 1. The van der Waals surface area contributed by atoms with Crippen LogP contribution < -0.4 is 4.74 Å². The quantitative estimate of drug-likeness (QED) is 0.517. The molecule has 2 aromatic rings. The highest BCUT2D eigenvalue weighted by atomic mass is 16.5. The van der Waals surface area contributed by atoms with Crippen molar-refractivity contribution in [1.82, 2.24) is 9.91 Å². The van der Waals surface area contributed by atoms with Crippen molar-refractivity contribution in [2.75, 3.05) is 13.7 Å². The number of carboxylic acids is 1. The Bertz CT molecular complexity index is 1370. The molecule has 0 spiro atoms. The van der Waals surface area contributed by atoms with E-state index in [0.29, 0.717) is 17.9 Å². The Balaban J connectivity index is 1.58. The van der Waals surface area contributed by atoms with Gasteiger partial charge in [-0.1, -0.05) is 44.0 Å². The van der Waals surface area contributed by atoms with Crippen molar-refractivity contribution in [2.24, 2.45) is 11.0 Å². The molecule has 1 N–H and O–H groups in total. The van der Waals surface area contributed by atoms with Gasteiger partial charge in [0.15, 0.2) is 0 Å². The van der Waals surface area contributed by atoms with Crippen molar-refractivity contribution in [3.8, 4) is 23.7 Å². The second kappa shape index (κ2) is 11.1. The number of likely N-dealkylation sites (N-methyl/N-ethyl adjacent to an activating group) is 1. The zero-order chi connectivity index (χ0) is 26.5. The van der Waals surface area contributed by atoms with E-state index in [2.05, 4.69) is 42.7 Å². The SMILES string of the molecule is CC#C[C@@H](CC(=O)O)c1ccc(OCC2=CN3N=C(C(C)C)N(C)C3C(c3cccc(C#N)c3)=C2)cc1. The van der Waals surface area contributed by atoms with E-state index in [1.165, 1.54) is 0 Å². The third-order valence-corrected chi connectivity index (χ3v) is 6.34. The monoisotopic (exact) mass is 494 g/mol. The van der Waals surface area contributed by atoms with Crippen LogP contribution in [0.25, 0.3) is 5.57 Å². The molecular weight excluding hydrogens is 464 g/mol. The molecule has 4 rings (SSSR count). The minimum absolute atomic E-state index is 0.0428. The van der Waals surface area contributed by atoms with Gasteiger partial charge in [0.1, 0.15) is 24.4 Å². The van der Waals surface area contributed by atoms with E-state index in [1.807, 2.05) is 60.7 Å². The Morgan fingerprint density at radius 3 is 2.62 bits per heavy atom. The van der Waals surface area contributed by atoms with Crippen molar-refractivity contribution < 1.29 is 14.6 Å². The van der Waals surface area contributed by atoms with Crippen LogP contribution in [0.3, 0.4) is 0 Å². The van der Waals surface area contributed by atoms with Crippen LogP contribution in [0, 0.1) is 29.1 Å². The normalized spacial score (nSPS) is 17.1. The highest BCUT2D eigenvalue weighted by Gasteiger charge is 2.37. The zero-order valence-electron chi connectivity index (χ0n) is 21.5. The lowest BCUT2D eigenvalue weighted by Gasteiger charge is -2.33. The third kappa shape index (κ3) is 5.68. The largest absolute Gasteiger partial charge is 0.489 e. The van der Waals surface area contributed by atoms with Crippen LogP contribution in [0.2, 0.25) is 0 Å². The molecule has 2 atom stereocenters. The van der Waals surface area contributed by atoms with Gasteiger partial charge >= 0.3 is 5.97 Å². The van der Waals surface area contributed by atoms with Crippen molar-refractivity contribution in [1.29, 1.82) is 5.26 Å². The summed E-state index contributed by atoms with van der Waals surface area (Å²) in [5.41, 5.74) is 4.42. The number of hydrazone groups is 1. The molecule has 0 bridgehead atoms. The highest BCUT2D eigenvalue weighted by Crippen LogP contribution is 2.36. The average molecular weight is 495 g/mol. The number of nitriles is 1. The fraction of sp³-hybridized carbons (Fsp3) is 0.300. The summed E-state index contributed by atoms with van der Waals surface area (Å²) in [4.78, 5) is 13.4. The summed E-state index contributed by atoms with van der Waals surface area (Å²) in [6, 6.07) is 17.3. The van der Waals surface area contributed by atoms with Gasteiger partial charge in [0, 0.05) is 30.3 Å². The van der Waals surface area contributed by atoms with Crippen LogP contribution in [0.15, 0.2) is 71.5 Å². The second-order valence-electron chi connectivity index (χ2n) is 9.38. The molecular formula is C30H30N4O3. The van der Waals surface area contributed by atoms with E-state index in [9.17, 15) is 15.2 Å². The number of benzene rings is 2. The molecule has 37 heavy (non-hydrogen) atoms. The number of aliphatic carboxylic acids is 1. The minimum atomic E-state index is -0.880. The molecule has 1 unspecified atom stereocenters. The number of nitrogens with zero attached hydrogens (tertiary/aromatic N) is 4. The maximum atomic E-state index is 11.2. The summed E-state index contributed by atoms with van der Waals surface area (Å²) >= 11 is 0. The lowest BCUT2D eigenvalue weighted by Crippen LogP contribution is -2.41. The van der Waals surface area contributed by atoms with Crippen LogP contribution in [-0.4, -0.2) is 46.6 Å². The zero-order valence-corrected chi connectivity index (χ0v) is 21.5. The minimum Gasteiger partial charge on any atom is -0.489 e. The summed E-state index contributed by atoms with van der Waals surface area (Å²) < 4.78 is 6.09. The Morgan fingerprint density at radius 1 is 1.22 bits per heavy atom. The van der Waals surface area contributed by atoms with Crippen molar-refractivity contribution in [3.63, 3.8) is 0 Å². The van der Waals surface area contributed by atoms with Crippen molar-refractivity contribution in [3.05, 3.63) is 83.1 Å². The maximum absolute atomic E-state index is 11.2. The first-order valence-electron chi connectivity index (χ1n) is 12.2. The van der Waals surface area contributed by atoms with Gasteiger partial charge < -0.3 is 14.7 Å². The standard InChI is InChI=1S/C30H30N4O3/c1-5-7-24(16-28(35)36)23-10-12-26(13-11-23)37-19-22-15-27(25-9-6-8-21(14-25)17-31)30-33(4)29(20(2)3)32-34(30)18-22/h6,8-15,18,20,24,30H,16,19H2,1-4H3,(H,35,36)/t24-,30?/m0/s1. The molecule has 0 aliphatic carbocycles. The molecule has 188 valence electrons. The van der Waals surface area contributed by atoms with Gasteiger partial charge in [0.05, 0.1) is 24.0 Å². The predicted octanol–water partition coefficient (Wildman–Crippen LogP) is 5.04. The maximum Gasteiger partial charge on any atom is 0.304 e. The Kier molecular flexibility index (Phi) is 7.65. The van der Waals surface area contributed by atoms with E-state index in [0.717, 1.165) is 28.1 Å². The molecule has 0 amide bonds. The van der Waals surface area contributed by atoms with E-state index in [-0.39, 0.29) is 24.4 Å². The second-order valence-corrected chi connectivity index (χ2v) is 9.38. The summed E-state index contributed by atoms with van der Waals surface area (Å²) in [5, 5.41) is 25.4. The molecule has 7 heteroatoms. The van der Waals surface area contributed by atoms with E-state index in [4.69, 9.17) is 9.84 Å². The first-order valence-corrected chi connectivity index (χ1v) is 12.2. The first kappa shape index (κ1) is 25.6. The molecule has 2 aliphatic heterocycles. The molecule has 0 fully saturated rings. The molecule has 0 saturated heterocycles. The summed E-state index contributed by atoms with van der Waals surface area (Å²) in [6.45, 7) is 6.28. The Morgan fingerprint density at radius 2 is 1.97 bits per heavy atom. The van der Waals surface area contributed by atoms with E-state index in [1.54, 1.807) is 13.0 Å². The average Bonchev–Trinajstić information content (AvgIpc) is 3.23. The lowest BCUT2D eigenvalue weighted by atomic mass is 9.95. The molecule has 7 nitrogen and oxygen atoms in total. The van der Waals surface area contributed by atoms with Crippen LogP contribution in [0.1, 0.15) is 49.8 Å². The number of fused-ring (bicyclic) bond motifs is 1. The summed E-state index contributed by atoms with van der Waals surface area (Å²) in [5.74, 6) is 6.48. The first-order chi connectivity index (χ1) is 17.8. The topological polar surface area (TPSA) is 89.2 Å². The van der Waals surface area contributed by atoms with Crippen LogP contribution in [-0.2, 0) is 4.79 Å². The van der Waals surface area contributed by atoms with Crippen LogP contribution in [0.5, 0.6) is 5.75 Å². The van der Waals surface area contributed by atoms with Crippen molar-refractivity contribution >= 4 is 17.4 Å². The van der Waals surface area contributed by atoms with E-state index < -0.39 is 5.97 Å². The van der Waals surface area contributed by atoms with Gasteiger partial charge in [-0.3, -0.25) is 4.79 Å². The third-order valence-electron chi connectivity index (χ3n) is 6.34. The lowest BCUT2D eigenvalue weighted by molar-refractivity contribution is -0.137. The van der Waals surface area contributed by atoms with Gasteiger partial charge in [-0.15, -0.1) is 5.92 Å². The Labute approximate surface area is 218 Å². The smallest absolute Gasteiger partial charge is 0.304 e. The molecule has 2 aliphatic rings.